The molecule has 1 aliphatic rings. The lowest BCUT2D eigenvalue weighted by molar-refractivity contribution is -0.137. The summed E-state index contributed by atoms with van der Waals surface area (Å²) in [5.41, 5.74) is 0. The molecule has 128 valence electrons. The number of hydrogen-bond acceptors (Lipinski definition) is 3. The van der Waals surface area contributed by atoms with Crippen molar-refractivity contribution in [2.24, 2.45) is 11.8 Å². The van der Waals surface area contributed by atoms with Crippen molar-refractivity contribution < 1.29 is 19.4 Å². The maximum atomic E-state index is 10.4. The summed E-state index contributed by atoms with van der Waals surface area (Å²) in [6.07, 6.45) is 12.1. The summed E-state index contributed by atoms with van der Waals surface area (Å²) in [5.74, 6) is 0.343. The molecule has 0 radical (unpaired) electrons. The average molecular weight is 312 g/mol. The summed E-state index contributed by atoms with van der Waals surface area (Å²) in [7, 11) is 0. The normalized spacial score (nSPS) is 21.7. The molecule has 1 fully saturated rings. The Kier molecular flexibility index (Phi) is 11.0. The zero-order valence-corrected chi connectivity index (χ0v) is 14.0. The van der Waals surface area contributed by atoms with Crippen molar-refractivity contribution >= 4 is 5.97 Å². The van der Waals surface area contributed by atoms with E-state index in [1.165, 1.54) is 19.3 Å². The van der Waals surface area contributed by atoms with E-state index in [9.17, 15) is 4.79 Å². The highest BCUT2D eigenvalue weighted by molar-refractivity contribution is 5.66. The van der Waals surface area contributed by atoms with Crippen LogP contribution in [-0.2, 0) is 14.3 Å². The van der Waals surface area contributed by atoms with Gasteiger partial charge >= 0.3 is 5.97 Å². The fourth-order valence-electron chi connectivity index (χ4n) is 2.71. The first-order valence-electron chi connectivity index (χ1n) is 8.76. The molecular formula is C18H32O4. The molecule has 1 heterocycles. The van der Waals surface area contributed by atoms with E-state index in [1.54, 1.807) is 0 Å². The first-order valence-corrected chi connectivity index (χ1v) is 8.76. The van der Waals surface area contributed by atoms with Crippen molar-refractivity contribution in [3.8, 4) is 0 Å². The lowest BCUT2D eigenvalue weighted by atomic mass is 9.93. The second-order valence-corrected chi connectivity index (χ2v) is 6.19. The highest BCUT2D eigenvalue weighted by atomic mass is 16.5. The van der Waals surface area contributed by atoms with E-state index in [2.05, 4.69) is 19.1 Å². The molecule has 0 unspecified atom stereocenters. The SMILES string of the molecule is CCCCCCOC[C@H]1COC[C@@H]1CC=CCCCC(=O)O. The van der Waals surface area contributed by atoms with Crippen LogP contribution in [-0.4, -0.2) is 37.5 Å². The van der Waals surface area contributed by atoms with Gasteiger partial charge in [-0.1, -0.05) is 38.3 Å². The standard InChI is InChI=1S/C18H32O4/c1-2-3-4-9-12-21-14-17-15-22-13-16(17)10-7-5-6-8-11-18(19)20/h5,7,16-17H,2-4,6,8-15H2,1H3,(H,19,20)/t16-,17-/m0/s1. The fourth-order valence-corrected chi connectivity index (χ4v) is 2.71. The second kappa shape index (κ2) is 12.7. The maximum absolute atomic E-state index is 10.4. The van der Waals surface area contributed by atoms with E-state index in [1.807, 2.05) is 0 Å². The fraction of sp³-hybridized carbons (Fsp3) is 0.833. The smallest absolute Gasteiger partial charge is 0.303 e. The van der Waals surface area contributed by atoms with Gasteiger partial charge in [0.05, 0.1) is 19.8 Å². The van der Waals surface area contributed by atoms with E-state index in [0.717, 1.165) is 52.1 Å². The van der Waals surface area contributed by atoms with Crippen LogP contribution in [0.3, 0.4) is 0 Å². The highest BCUT2D eigenvalue weighted by Crippen LogP contribution is 2.25. The quantitative estimate of drug-likeness (QED) is 0.412. The third kappa shape index (κ3) is 9.21. The van der Waals surface area contributed by atoms with Crippen LogP contribution >= 0.6 is 0 Å². The van der Waals surface area contributed by atoms with Crippen molar-refractivity contribution in [2.75, 3.05) is 26.4 Å². The van der Waals surface area contributed by atoms with Crippen LogP contribution in [0.4, 0.5) is 0 Å². The van der Waals surface area contributed by atoms with E-state index < -0.39 is 5.97 Å². The number of rotatable bonds is 13. The summed E-state index contributed by atoms with van der Waals surface area (Å²) >= 11 is 0. The van der Waals surface area contributed by atoms with Crippen LogP contribution in [0.5, 0.6) is 0 Å². The maximum Gasteiger partial charge on any atom is 0.303 e. The first kappa shape index (κ1) is 19.2. The van der Waals surface area contributed by atoms with Gasteiger partial charge in [-0.3, -0.25) is 4.79 Å². The lowest BCUT2D eigenvalue weighted by Gasteiger charge is -2.16. The first-order chi connectivity index (χ1) is 10.7. The number of allylic oxidation sites excluding steroid dienone is 2. The van der Waals surface area contributed by atoms with Crippen LogP contribution in [0, 0.1) is 11.8 Å². The molecule has 0 bridgehead atoms. The molecule has 0 saturated carbocycles. The molecule has 0 spiro atoms. The number of carbonyl (C=O) groups is 1. The molecule has 0 aliphatic carbocycles. The van der Waals surface area contributed by atoms with E-state index in [0.29, 0.717) is 11.8 Å². The van der Waals surface area contributed by atoms with Crippen LogP contribution in [0.25, 0.3) is 0 Å². The molecule has 1 saturated heterocycles. The van der Waals surface area contributed by atoms with E-state index >= 15 is 0 Å². The Labute approximate surface area is 134 Å². The third-order valence-electron chi connectivity index (χ3n) is 4.17. The Balaban J connectivity index is 2.07. The third-order valence-corrected chi connectivity index (χ3v) is 4.17. The Morgan fingerprint density at radius 3 is 2.77 bits per heavy atom. The minimum absolute atomic E-state index is 0.255. The number of aliphatic carboxylic acids is 1. The van der Waals surface area contributed by atoms with Gasteiger partial charge in [0, 0.05) is 18.9 Å². The Bertz CT molecular complexity index is 314. The van der Waals surface area contributed by atoms with Crippen molar-refractivity contribution in [3.63, 3.8) is 0 Å². The molecule has 4 nitrogen and oxygen atoms in total. The van der Waals surface area contributed by atoms with Gasteiger partial charge in [0.1, 0.15) is 0 Å². The van der Waals surface area contributed by atoms with Gasteiger partial charge in [-0.15, -0.1) is 0 Å². The predicted molar refractivity (Wildman–Crippen MR) is 88.0 cm³/mol. The molecule has 0 aromatic heterocycles. The van der Waals surface area contributed by atoms with Gasteiger partial charge in [0.15, 0.2) is 0 Å². The molecule has 22 heavy (non-hydrogen) atoms. The van der Waals surface area contributed by atoms with Crippen molar-refractivity contribution in [3.05, 3.63) is 12.2 Å². The zero-order chi connectivity index (χ0) is 16.0. The van der Waals surface area contributed by atoms with Gasteiger partial charge in [0.2, 0.25) is 0 Å². The van der Waals surface area contributed by atoms with Gasteiger partial charge in [0.25, 0.3) is 0 Å². The molecule has 1 aliphatic heterocycles. The number of hydrogen-bond donors (Lipinski definition) is 1. The number of ether oxygens (including phenoxy) is 2. The summed E-state index contributed by atoms with van der Waals surface area (Å²) in [6, 6.07) is 0. The minimum Gasteiger partial charge on any atom is -0.481 e. The van der Waals surface area contributed by atoms with Gasteiger partial charge in [-0.2, -0.15) is 0 Å². The summed E-state index contributed by atoms with van der Waals surface area (Å²) in [5, 5.41) is 8.57. The Morgan fingerprint density at radius 1 is 1.18 bits per heavy atom. The van der Waals surface area contributed by atoms with Gasteiger partial charge in [-0.25, -0.2) is 0 Å². The largest absolute Gasteiger partial charge is 0.481 e. The number of unbranched alkanes of at least 4 members (excludes halogenated alkanes) is 4. The van der Waals surface area contributed by atoms with Crippen LogP contribution in [0.2, 0.25) is 0 Å². The highest BCUT2D eigenvalue weighted by Gasteiger charge is 2.27. The summed E-state index contributed by atoms with van der Waals surface area (Å²) in [6.45, 7) is 5.53. The molecular weight excluding hydrogens is 280 g/mol. The summed E-state index contributed by atoms with van der Waals surface area (Å²) in [4.78, 5) is 10.4. The van der Waals surface area contributed by atoms with Crippen LogP contribution in [0.1, 0.15) is 58.3 Å². The minimum atomic E-state index is -0.714. The Hall–Kier alpha value is -0.870. The molecule has 1 N–H and O–H groups in total. The van der Waals surface area contributed by atoms with Crippen LogP contribution < -0.4 is 0 Å². The molecule has 0 amide bonds. The molecule has 0 aromatic rings. The Morgan fingerprint density at radius 2 is 2.00 bits per heavy atom. The van der Waals surface area contributed by atoms with Gasteiger partial charge in [-0.05, 0) is 31.6 Å². The topological polar surface area (TPSA) is 55.8 Å². The number of carboxylic acid groups (broad SMARTS) is 1. The van der Waals surface area contributed by atoms with Crippen molar-refractivity contribution in [1.82, 2.24) is 0 Å². The zero-order valence-electron chi connectivity index (χ0n) is 14.0. The van der Waals surface area contributed by atoms with Crippen molar-refractivity contribution in [1.29, 1.82) is 0 Å². The predicted octanol–water partition coefficient (Wildman–Crippen LogP) is 4.05. The van der Waals surface area contributed by atoms with Crippen LogP contribution in [0.15, 0.2) is 12.2 Å². The van der Waals surface area contributed by atoms with Crippen molar-refractivity contribution in [2.45, 2.75) is 58.3 Å². The molecule has 4 heteroatoms. The average Bonchev–Trinajstić information content (AvgIpc) is 2.93. The second-order valence-electron chi connectivity index (χ2n) is 6.19. The lowest BCUT2D eigenvalue weighted by Crippen LogP contribution is -2.18. The number of carboxylic acids is 1. The molecule has 0 aromatic carbocycles. The monoisotopic (exact) mass is 312 g/mol. The summed E-state index contributed by atoms with van der Waals surface area (Å²) < 4.78 is 11.4. The van der Waals surface area contributed by atoms with E-state index in [-0.39, 0.29) is 6.42 Å². The molecule has 2 atom stereocenters. The van der Waals surface area contributed by atoms with Gasteiger partial charge < -0.3 is 14.6 Å². The molecule has 1 rings (SSSR count). The van der Waals surface area contributed by atoms with E-state index in [4.69, 9.17) is 14.6 Å².